The largest absolute Gasteiger partial charge is 0.418 e. The van der Waals surface area contributed by atoms with Crippen LogP contribution < -0.4 is 10.6 Å². The topological polar surface area (TPSA) is 54.0 Å². The monoisotopic (exact) mass is 371 g/mol. The Hall–Kier alpha value is -2.28. The van der Waals surface area contributed by atoms with Crippen molar-refractivity contribution in [3.8, 4) is 0 Å². The molecule has 0 fully saturated rings. The van der Waals surface area contributed by atoms with E-state index in [1.165, 1.54) is 30.5 Å². The van der Waals surface area contributed by atoms with E-state index in [1.54, 1.807) is 0 Å². The van der Waals surface area contributed by atoms with Crippen molar-refractivity contribution in [2.45, 2.75) is 32.5 Å². The Morgan fingerprint density at radius 1 is 1.12 bits per heavy atom. The van der Waals surface area contributed by atoms with Gasteiger partial charge in [-0.05, 0) is 51.1 Å². The van der Waals surface area contributed by atoms with Crippen LogP contribution in [0.4, 0.5) is 24.7 Å². The lowest BCUT2D eigenvalue weighted by Gasteiger charge is -2.20. The Kier molecular flexibility index (Phi) is 5.27. The van der Waals surface area contributed by atoms with Crippen molar-refractivity contribution in [2.24, 2.45) is 0 Å². The first-order valence-corrected chi connectivity index (χ1v) is 7.76. The van der Waals surface area contributed by atoms with Gasteiger partial charge in [0, 0.05) is 16.8 Å². The van der Waals surface area contributed by atoms with E-state index in [-0.39, 0.29) is 22.4 Å². The van der Waals surface area contributed by atoms with E-state index in [4.69, 9.17) is 11.6 Å². The number of halogens is 4. The molecular formula is C17H17ClF3N3O. The fraction of sp³-hybridized carbons (Fsp3) is 0.294. The first-order valence-electron chi connectivity index (χ1n) is 7.38. The predicted octanol–water partition coefficient (Wildman–Crippen LogP) is 5.03. The standard InChI is InChI=1S/C17H17ClF3N3O/c1-16(2,3)24-15(25)10-4-7-14(22-9-10)23-13-6-5-11(18)8-12(13)17(19,20)21/h4-9H,1-3H3,(H,22,23)(H,24,25). The Morgan fingerprint density at radius 2 is 1.80 bits per heavy atom. The van der Waals surface area contributed by atoms with Crippen LogP contribution in [0.2, 0.25) is 5.02 Å². The molecule has 0 aliphatic rings. The summed E-state index contributed by atoms with van der Waals surface area (Å²) in [5, 5.41) is 5.36. The Balaban J connectivity index is 2.21. The molecule has 0 spiro atoms. The highest BCUT2D eigenvalue weighted by molar-refractivity contribution is 6.30. The zero-order chi connectivity index (χ0) is 18.8. The highest BCUT2D eigenvalue weighted by Gasteiger charge is 2.34. The van der Waals surface area contributed by atoms with E-state index in [0.29, 0.717) is 5.56 Å². The molecule has 0 bridgehead atoms. The van der Waals surface area contributed by atoms with Crippen molar-refractivity contribution in [2.75, 3.05) is 5.32 Å². The van der Waals surface area contributed by atoms with E-state index >= 15 is 0 Å². The van der Waals surface area contributed by atoms with E-state index in [1.807, 2.05) is 20.8 Å². The lowest BCUT2D eigenvalue weighted by atomic mass is 10.1. The molecule has 0 aliphatic carbocycles. The highest BCUT2D eigenvalue weighted by Crippen LogP contribution is 2.37. The maximum Gasteiger partial charge on any atom is 0.418 e. The summed E-state index contributed by atoms with van der Waals surface area (Å²) >= 11 is 5.65. The number of anilines is 2. The average Bonchev–Trinajstić information content (AvgIpc) is 2.47. The number of alkyl halides is 3. The zero-order valence-corrected chi connectivity index (χ0v) is 14.6. The molecule has 25 heavy (non-hydrogen) atoms. The van der Waals surface area contributed by atoms with Gasteiger partial charge in [-0.25, -0.2) is 4.98 Å². The number of nitrogens with one attached hydrogen (secondary N) is 2. The molecule has 134 valence electrons. The fourth-order valence-electron chi connectivity index (χ4n) is 2.01. The number of amides is 1. The summed E-state index contributed by atoms with van der Waals surface area (Å²) in [7, 11) is 0. The van der Waals surface area contributed by atoms with Crippen LogP contribution >= 0.6 is 11.6 Å². The van der Waals surface area contributed by atoms with Crippen LogP contribution in [0.3, 0.4) is 0 Å². The number of pyridine rings is 1. The van der Waals surface area contributed by atoms with E-state index < -0.39 is 17.3 Å². The quantitative estimate of drug-likeness (QED) is 0.796. The minimum atomic E-state index is -4.56. The molecule has 4 nitrogen and oxygen atoms in total. The lowest BCUT2D eigenvalue weighted by molar-refractivity contribution is -0.136. The average molecular weight is 372 g/mol. The Bertz CT molecular complexity index is 768. The van der Waals surface area contributed by atoms with Gasteiger partial charge >= 0.3 is 6.18 Å². The summed E-state index contributed by atoms with van der Waals surface area (Å²) in [4.78, 5) is 16.0. The molecule has 0 unspecified atom stereocenters. The molecule has 2 aromatic rings. The molecule has 1 aromatic heterocycles. The molecule has 1 aromatic carbocycles. The maximum atomic E-state index is 13.1. The molecule has 1 heterocycles. The van der Waals surface area contributed by atoms with Gasteiger partial charge in [0.1, 0.15) is 5.82 Å². The Labute approximate surface area is 148 Å². The molecule has 2 rings (SSSR count). The summed E-state index contributed by atoms with van der Waals surface area (Å²) in [6, 6.07) is 6.35. The SMILES string of the molecule is CC(C)(C)NC(=O)c1ccc(Nc2ccc(Cl)cc2C(F)(F)F)nc1. The number of carbonyl (C=O) groups is 1. The number of benzene rings is 1. The van der Waals surface area contributed by atoms with Crippen molar-refractivity contribution in [1.29, 1.82) is 0 Å². The van der Waals surface area contributed by atoms with Gasteiger partial charge in [0.2, 0.25) is 0 Å². The molecule has 1 amide bonds. The van der Waals surface area contributed by atoms with Gasteiger partial charge in [0.15, 0.2) is 0 Å². The van der Waals surface area contributed by atoms with Crippen molar-refractivity contribution in [3.63, 3.8) is 0 Å². The third-order valence-corrected chi connectivity index (χ3v) is 3.30. The second kappa shape index (κ2) is 6.92. The lowest BCUT2D eigenvalue weighted by Crippen LogP contribution is -2.40. The van der Waals surface area contributed by atoms with Gasteiger partial charge in [-0.2, -0.15) is 13.2 Å². The van der Waals surface area contributed by atoms with Gasteiger partial charge in [0.25, 0.3) is 5.91 Å². The molecular weight excluding hydrogens is 355 g/mol. The highest BCUT2D eigenvalue weighted by atomic mass is 35.5. The molecule has 0 saturated carbocycles. The summed E-state index contributed by atoms with van der Waals surface area (Å²) in [5.41, 5.74) is -1.15. The smallest absolute Gasteiger partial charge is 0.347 e. The normalized spacial score (nSPS) is 12.0. The fourth-order valence-corrected chi connectivity index (χ4v) is 2.18. The van der Waals surface area contributed by atoms with Gasteiger partial charge in [-0.1, -0.05) is 11.6 Å². The van der Waals surface area contributed by atoms with Gasteiger partial charge < -0.3 is 10.6 Å². The number of hydrogen-bond donors (Lipinski definition) is 2. The number of hydrogen-bond acceptors (Lipinski definition) is 3. The van der Waals surface area contributed by atoms with E-state index in [0.717, 1.165) is 6.07 Å². The zero-order valence-electron chi connectivity index (χ0n) is 13.8. The summed E-state index contributed by atoms with van der Waals surface area (Å²) in [6.07, 6.45) is -3.26. The maximum absolute atomic E-state index is 13.1. The number of rotatable bonds is 3. The first-order chi connectivity index (χ1) is 11.5. The van der Waals surface area contributed by atoms with Crippen LogP contribution in [0.15, 0.2) is 36.5 Å². The molecule has 2 N–H and O–H groups in total. The Morgan fingerprint density at radius 3 is 2.32 bits per heavy atom. The summed E-state index contributed by atoms with van der Waals surface area (Å²) in [6.45, 7) is 5.52. The molecule has 0 atom stereocenters. The van der Waals surface area contributed by atoms with Crippen LogP contribution in [0.5, 0.6) is 0 Å². The van der Waals surface area contributed by atoms with E-state index in [2.05, 4.69) is 15.6 Å². The molecule has 0 aliphatic heterocycles. The second-order valence-electron chi connectivity index (χ2n) is 6.45. The second-order valence-corrected chi connectivity index (χ2v) is 6.89. The summed E-state index contributed by atoms with van der Waals surface area (Å²) < 4.78 is 39.3. The molecule has 0 saturated heterocycles. The number of carbonyl (C=O) groups excluding carboxylic acids is 1. The summed E-state index contributed by atoms with van der Waals surface area (Å²) in [5.74, 6) is -0.130. The van der Waals surface area contributed by atoms with Gasteiger partial charge in [0.05, 0.1) is 16.8 Å². The minimum absolute atomic E-state index is 0.0139. The van der Waals surface area contributed by atoms with Crippen LogP contribution in [0.1, 0.15) is 36.7 Å². The number of nitrogens with zero attached hydrogens (tertiary/aromatic N) is 1. The van der Waals surface area contributed by atoms with Crippen molar-refractivity contribution < 1.29 is 18.0 Å². The van der Waals surface area contributed by atoms with Crippen molar-refractivity contribution >= 4 is 29.0 Å². The third-order valence-electron chi connectivity index (χ3n) is 3.06. The number of aromatic nitrogens is 1. The van der Waals surface area contributed by atoms with Crippen LogP contribution in [-0.4, -0.2) is 16.4 Å². The third kappa shape index (κ3) is 5.35. The van der Waals surface area contributed by atoms with Crippen molar-refractivity contribution in [1.82, 2.24) is 10.3 Å². The molecule has 8 heteroatoms. The molecule has 0 radical (unpaired) electrons. The van der Waals surface area contributed by atoms with Crippen LogP contribution in [-0.2, 0) is 6.18 Å². The predicted molar refractivity (Wildman–Crippen MR) is 91.2 cm³/mol. The van der Waals surface area contributed by atoms with Gasteiger partial charge in [-0.3, -0.25) is 4.79 Å². The van der Waals surface area contributed by atoms with E-state index in [9.17, 15) is 18.0 Å². The van der Waals surface area contributed by atoms with Crippen LogP contribution in [0, 0.1) is 0 Å². The van der Waals surface area contributed by atoms with Crippen molar-refractivity contribution in [3.05, 3.63) is 52.7 Å². The van der Waals surface area contributed by atoms with Gasteiger partial charge in [-0.15, -0.1) is 0 Å². The van der Waals surface area contributed by atoms with Crippen LogP contribution in [0.25, 0.3) is 0 Å². The first kappa shape index (κ1) is 19.1. The minimum Gasteiger partial charge on any atom is -0.347 e.